The Kier molecular flexibility index (Phi) is 6.52. The summed E-state index contributed by atoms with van der Waals surface area (Å²) in [6.45, 7) is 4.52. The van der Waals surface area contributed by atoms with Gasteiger partial charge in [-0.05, 0) is 54.8 Å². The minimum Gasteiger partial charge on any atom is -0.371 e. The summed E-state index contributed by atoms with van der Waals surface area (Å²) in [5, 5.41) is 5.47. The van der Waals surface area contributed by atoms with Crippen LogP contribution in [0.2, 0.25) is 5.02 Å². The fraction of sp³-hybridized carbons (Fsp3) is 0.333. The lowest BCUT2D eigenvalue weighted by Crippen LogP contribution is -2.28. The molecule has 1 unspecified atom stereocenters. The number of amides is 2. The lowest BCUT2D eigenvalue weighted by molar-refractivity contribution is -0.116. The summed E-state index contributed by atoms with van der Waals surface area (Å²) in [5.41, 5.74) is 2.05. The van der Waals surface area contributed by atoms with Crippen LogP contribution in [0.4, 0.5) is 15.8 Å². The maximum atomic E-state index is 13.0. The predicted octanol–water partition coefficient (Wildman–Crippen LogP) is 4.08. The van der Waals surface area contributed by atoms with Crippen molar-refractivity contribution in [2.24, 2.45) is 5.92 Å². The topological polar surface area (TPSA) is 61.4 Å². The number of rotatable bonds is 6. The molecule has 5 nitrogen and oxygen atoms in total. The third-order valence-corrected chi connectivity index (χ3v) is 5.07. The zero-order valence-electron chi connectivity index (χ0n) is 15.7. The van der Waals surface area contributed by atoms with E-state index in [0.29, 0.717) is 11.6 Å². The second-order valence-electron chi connectivity index (χ2n) is 7.06. The van der Waals surface area contributed by atoms with Gasteiger partial charge in [0.25, 0.3) is 5.91 Å². The van der Waals surface area contributed by atoms with E-state index in [0.717, 1.165) is 24.8 Å². The molecule has 28 heavy (non-hydrogen) atoms. The molecule has 2 aromatic carbocycles. The molecule has 2 amide bonds. The van der Waals surface area contributed by atoms with Gasteiger partial charge in [-0.2, -0.15) is 0 Å². The molecule has 148 valence electrons. The van der Waals surface area contributed by atoms with Crippen molar-refractivity contribution >= 4 is 34.8 Å². The smallest absolute Gasteiger partial charge is 0.252 e. The number of carbonyl (C=O) groups excluding carboxylic acids is 2. The van der Waals surface area contributed by atoms with Gasteiger partial charge in [-0.25, -0.2) is 4.39 Å². The van der Waals surface area contributed by atoms with E-state index in [1.807, 2.05) is 24.3 Å². The lowest BCUT2D eigenvalue weighted by atomic mass is 10.2. The van der Waals surface area contributed by atoms with Gasteiger partial charge in [-0.1, -0.05) is 18.5 Å². The normalized spacial score (nSPS) is 16.1. The van der Waals surface area contributed by atoms with Gasteiger partial charge in [-0.15, -0.1) is 0 Å². The molecule has 0 saturated carbocycles. The van der Waals surface area contributed by atoms with Gasteiger partial charge < -0.3 is 15.5 Å². The maximum Gasteiger partial charge on any atom is 0.252 e. The average molecular weight is 404 g/mol. The van der Waals surface area contributed by atoms with Crippen molar-refractivity contribution < 1.29 is 14.0 Å². The average Bonchev–Trinajstić information content (AvgIpc) is 3.08. The molecule has 1 aliphatic rings. The molecule has 1 heterocycles. The molecular weight excluding hydrogens is 381 g/mol. The predicted molar refractivity (Wildman–Crippen MR) is 109 cm³/mol. The molecular formula is C21H23ClFN3O2. The zero-order chi connectivity index (χ0) is 20.1. The van der Waals surface area contributed by atoms with E-state index in [1.54, 1.807) is 0 Å². The lowest BCUT2D eigenvalue weighted by Gasteiger charge is -2.18. The molecule has 0 spiro atoms. The summed E-state index contributed by atoms with van der Waals surface area (Å²) >= 11 is 5.86. The van der Waals surface area contributed by atoms with Crippen molar-refractivity contribution in [1.29, 1.82) is 0 Å². The molecule has 1 aliphatic heterocycles. The molecule has 2 aromatic rings. The van der Waals surface area contributed by atoms with E-state index >= 15 is 0 Å². The van der Waals surface area contributed by atoms with Gasteiger partial charge in [-0.3, -0.25) is 9.59 Å². The zero-order valence-corrected chi connectivity index (χ0v) is 16.4. The third-order valence-electron chi connectivity index (χ3n) is 4.75. The summed E-state index contributed by atoms with van der Waals surface area (Å²) in [6.07, 6.45) is 1.32. The fourth-order valence-electron chi connectivity index (χ4n) is 3.21. The summed E-state index contributed by atoms with van der Waals surface area (Å²) in [6, 6.07) is 11.3. The van der Waals surface area contributed by atoms with E-state index in [-0.39, 0.29) is 29.5 Å². The second kappa shape index (κ2) is 9.06. The number of hydrogen-bond donors (Lipinski definition) is 2. The Morgan fingerprint density at radius 3 is 2.61 bits per heavy atom. The first-order chi connectivity index (χ1) is 13.4. The van der Waals surface area contributed by atoms with E-state index in [9.17, 15) is 14.0 Å². The van der Waals surface area contributed by atoms with Crippen LogP contribution < -0.4 is 15.5 Å². The quantitative estimate of drug-likeness (QED) is 0.763. The molecule has 0 radical (unpaired) electrons. The summed E-state index contributed by atoms with van der Waals surface area (Å²) in [7, 11) is 0. The SMILES string of the molecule is CC1CCN(c2ccc(NC(=O)CCNC(=O)c3ccc(F)cc3Cl)cc2)C1. The van der Waals surface area contributed by atoms with Crippen LogP contribution in [0.3, 0.4) is 0 Å². The van der Waals surface area contributed by atoms with Crippen molar-refractivity contribution in [3.8, 4) is 0 Å². The van der Waals surface area contributed by atoms with Crippen molar-refractivity contribution in [1.82, 2.24) is 5.32 Å². The summed E-state index contributed by atoms with van der Waals surface area (Å²) < 4.78 is 13.0. The minimum atomic E-state index is -0.508. The first-order valence-electron chi connectivity index (χ1n) is 9.30. The first-order valence-corrected chi connectivity index (χ1v) is 9.68. The van der Waals surface area contributed by atoms with Gasteiger partial charge in [0, 0.05) is 37.4 Å². The summed E-state index contributed by atoms with van der Waals surface area (Å²) in [5.74, 6) is -0.444. The molecule has 1 atom stereocenters. The third kappa shape index (κ3) is 5.23. The number of benzene rings is 2. The van der Waals surface area contributed by atoms with Crippen LogP contribution in [0, 0.1) is 11.7 Å². The van der Waals surface area contributed by atoms with Crippen LogP contribution >= 0.6 is 11.6 Å². The van der Waals surface area contributed by atoms with Crippen molar-refractivity contribution in [3.63, 3.8) is 0 Å². The van der Waals surface area contributed by atoms with E-state index in [2.05, 4.69) is 22.5 Å². The van der Waals surface area contributed by atoms with Gasteiger partial charge in [0.05, 0.1) is 10.6 Å². The molecule has 0 aliphatic carbocycles. The van der Waals surface area contributed by atoms with Crippen LogP contribution in [-0.2, 0) is 4.79 Å². The van der Waals surface area contributed by atoms with Crippen molar-refractivity contribution in [2.75, 3.05) is 29.9 Å². The highest BCUT2D eigenvalue weighted by atomic mass is 35.5. The monoisotopic (exact) mass is 403 g/mol. The molecule has 3 rings (SSSR count). The largest absolute Gasteiger partial charge is 0.371 e. The Bertz CT molecular complexity index is 857. The van der Waals surface area contributed by atoms with Gasteiger partial charge in [0.1, 0.15) is 5.82 Å². The Morgan fingerprint density at radius 2 is 1.96 bits per heavy atom. The first kappa shape index (κ1) is 20.1. The summed E-state index contributed by atoms with van der Waals surface area (Å²) in [4.78, 5) is 26.5. The number of hydrogen-bond acceptors (Lipinski definition) is 3. The highest BCUT2D eigenvalue weighted by Crippen LogP contribution is 2.24. The van der Waals surface area contributed by atoms with E-state index in [4.69, 9.17) is 11.6 Å². The Labute approximate surface area is 168 Å². The van der Waals surface area contributed by atoms with E-state index < -0.39 is 11.7 Å². The van der Waals surface area contributed by atoms with E-state index in [1.165, 1.54) is 18.6 Å². The molecule has 1 fully saturated rings. The molecule has 7 heteroatoms. The van der Waals surface area contributed by atoms with Crippen LogP contribution in [0.1, 0.15) is 30.1 Å². The number of nitrogens with zero attached hydrogens (tertiary/aromatic N) is 1. The Morgan fingerprint density at radius 1 is 1.21 bits per heavy atom. The van der Waals surface area contributed by atoms with Crippen LogP contribution in [0.5, 0.6) is 0 Å². The molecule has 0 bridgehead atoms. The van der Waals surface area contributed by atoms with Crippen LogP contribution in [-0.4, -0.2) is 31.4 Å². The van der Waals surface area contributed by atoms with Gasteiger partial charge in [0.2, 0.25) is 5.91 Å². The highest BCUT2D eigenvalue weighted by molar-refractivity contribution is 6.33. The number of halogens is 2. The second-order valence-corrected chi connectivity index (χ2v) is 7.47. The molecule has 1 saturated heterocycles. The molecule has 0 aromatic heterocycles. The van der Waals surface area contributed by atoms with Gasteiger partial charge >= 0.3 is 0 Å². The van der Waals surface area contributed by atoms with Crippen LogP contribution in [0.25, 0.3) is 0 Å². The van der Waals surface area contributed by atoms with Crippen molar-refractivity contribution in [3.05, 3.63) is 58.9 Å². The minimum absolute atomic E-state index is 0.0365. The Hall–Kier alpha value is -2.60. The fourth-order valence-corrected chi connectivity index (χ4v) is 3.46. The maximum absolute atomic E-state index is 13.0. The highest BCUT2D eigenvalue weighted by Gasteiger charge is 2.18. The number of nitrogens with one attached hydrogen (secondary N) is 2. The Balaban J connectivity index is 1.44. The standard InChI is InChI=1S/C21H23ClFN3O2/c1-14-9-11-26(13-14)17-5-3-16(4-6-17)25-20(27)8-10-24-21(28)18-7-2-15(23)12-19(18)22/h2-7,12,14H,8-11,13H2,1H3,(H,24,28)(H,25,27). The molecule has 2 N–H and O–H groups in total. The van der Waals surface area contributed by atoms with Crippen molar-refractivity contribution in [2.45, 2.75) is 19.8 Å². The van der Waals surface area contributed by atoms with Gasteiger partial charge in [0.15, 0.2) is 0 Å². The number of anilines is 2. The van der Waals surface area contributed by atoms with Crippen LogP contribution in [0.15, 0.2) is 42.5 Å². The number of carbonyl (C=O) groups is 2.